The summed E-state index contributed by atoms with van der Waals surface area (Å²) in [6, 6.07) is 21.3. The molecular formula is C23H19N3O4. The molecule has 30 heavy (non-hydrogen) atoms. The van der Waals surface area contributed by atoms with E-state index in [0.717, 1.165) is 5.39 Å². The average molecular weight is 401 g/mol. The Balaban J connectivity index is 1.56. The number of methoxy groups -OCH3 is 2. The third-order valence-electron chi connectivity index (χ3n) is 4.40. The average Bonchev–Trinajstić information content (AvgIpc) is 2.79. The standard InChI is InChI=1S/C23H19N3O4/c1-28-17-11-7-16(8-12-17)23(27)25-20-13-9-15-10-14-21(26-22(15)24-20)30-19-6-4-3-5-18(19)29-2/h3-14H,1-2H3,(H,24,25,26,27). The van der Waals surface area contributed by atoms with E-state index in [-0.39, 0.29) is 5.91 Å². The number of pyridine rings is 2. The molecule has 1 amide bonds. The van der Waals surface area contributed by atoms with Crippen molar-refractivity contribution < 1.29 is 19.0 Å². The van der Waals surface area contributed by atoms with E-state index in [1.807, 2.05) is 24.3 Å². The molecule has 0 aliphatic rings. The number of hydrogen-bond donors (Lipinski definition) is 1. The van der Waals surface area contributed by atoms with Gasteiger partial charge in [-0.15, -0.1) is 0 Å². The Hall–Kier alpha value is -4.13. The SMILES string of the molecule is COc1ccc(C(=O)Nc2ccc3ccc(Oc4ccccc4OC)nc3n2)cc1. The van der Waals surface area contributed by atoms with Crippen molar-refractivity contribution in [1.29, 1.82) is 0 Å². The Morgan fingerprint density at radius 2 is 1.53 bits per heavy atom. The Morgan fingerprint density at radius 1 is 0.800 bits per heavy atom. The quantitative estimate of drug-likeness (QED) is 0.505. The lowest BCUT2D eigenvalue weighted by atomic mass is 10.2. The van der Waals surface area contributed by atoms with Gasteiger partial charge >= 0.3 is 0 Å². The second-order valence-electron chi connectivity index (χ2n) is 6.33. The number of fused-ring (bicyclic) bond motifs is 1. The van der Waals surface area contributed by atoms with Gasteiger partial charge in [-0.25, -0.2) is 4.98 Å². The molecule has 150 valence electrons. The van der Waals surface area contributed by atoms with Crippen LogP contribution in [0.25, 0.3) is 11.0 Å². The zero-order valence-electron chi connectivity index (χ0n) is 16.5. The molecule has 0 fully saturated rings. The molecule has 0 saturated carbocycles. The number of amides is 1. The molecule has 4 rings (SSSR count). The van der Waals surface area contributed by atoms with Crippen LogP contribution >= 0.6 is 0 Å². The van der Waals surface area contributed by atoms with Gasteiger partial charge in [0.15, 0.2) is 17.1 Å². The van der Waals surface area contributed by atoms with Crippen molar-refractivity contribution >= 4 is 22.8 Å². The van der Waals surface area contributed by atoms with Gasteiger partial charge in [0.1, 0.15) is 11.6 Å². The third-order valence-corrected chi connectivity index (χ3v) is 4.40. The predicted octanol–water partition coefficient (Wildman–Crippen LogP) is 4.69. The maximum absolute atomic E-state index is 12.5. The van der Waals surface area contributed by atoms with Crippen LogP contribution in [0.5, 0.6) is 23.1 Å². The van der Waals surface area contributed by atoms with Gasteiger partial charge in [-0.2, -0.15) is 4.98 Å². The lowest BCUT2D eigenvalue weighted by Crippen LogP contribution is -2.12. The maximum atomic E-state index is 12.5. The van der Waals surface area contributed by atoms with Crippen molar-refractivity contribution in [3.63, 3.8) is 0 Å². The molecule has 7 nitrogen and oxygen atoms in total. The van der Waals surface area contributed by atoms with Gasteiger partial charge in [0, 0.05) is 17.0 Å². The largest absolute Gasteiger partial charge is 0.497 e. The van der Waals surface area contributed by atoms with E-state index >= 15 is 0 Å². The summed E-state index contributed by atoms with van der Waals surface area (Å²) in [6.07, 6.45) is 0. The Kier molecular flexibility index (Phi) is 5.43. The van der Waals surface area contributed by atoms with Gasteiger partial charge in [-0.05, 0) is 54.6 Å². The van der Waals surface area contributed by atoms with Crippen molar-refractivity contribution in [2.75, 3.05) is 19.5 Å². The van der Waals surface area contributed by atoms with Crippen molar-refractivity contribution in [3.05, 3.63) is 78.4 Å². The number of ether oxygens (including phenoxy) is 3. The topological polar surface area (TPSA) is 82.6 Å². The van der Waals surface area contributed by atoms with E-state index in [4.69, 9.17) is 14.2 Å². The first-order chi connectivity index (χ1) is 14.7. The number of rotatable bonds is 6. The lowest BCUT2D eigenvalue weighted by Gasteiger charge is -2.10. The molecule has 4 aromatic rings. The molecule has 0 radical (unpaired) electrons. The normalized spacial score (nSPS) is 10.5. The van der Waals surface area contributed by atoms with E-state index in [9.17, 15) is 4.79 Å². The van der Waals surface area contributed by atoms with E-state index in [1.54, 1.807) is 62.8 Å². The fourth-order valence-corrected chi connectivity index (χ4v) is 2.85. The van der Waals surface area contributed by atoms with Crippen LogP contribution in [0.2, 0.25) is 0 Å². The molecule has 0 unspecified atom stereocenters. The number of aromatic nitrogens is 2. The summed E-state index contributed by atoms with van der Waals surface area (Å²) in [5, 5.41) is 3.61. The number of carbonyl (C=O) groups is 1. The minimum absolute atomic E-state index is 0.272. The Bertz CT molecular complexity index is 1190. The summed E-state index contributed by atoms with van der Waals surface area (Å²) in [6.45, 7) is 0. The molecular weight excluding hydrogens is 382 g/mol. The molecule has 0 aliphatic carbocycles. The van der Waals surface area contributed by atoms with Gasteiger partial charge in [-0.3, -0.25) is 4.79 Å². The van der Waals surface area contributed by atoms with Crippen molar-refractivity contribution in [2.45, 2.75) is 0 Å². The van der Waals surface area contributed by atoms with Crippen LogP contribution in [-0.4, -0.2) is 30.1 Å². The van der Waals surface area contributed by atoms with Crippen LogP contribution < -0.4 is 19.5 Å². The minimum Gasteiger partial charge on any atom is -0.497 e. The van der Waals surface area contributed by atoms with E-state index in [2.05, 4.69) is 15.3 Å². The van der Waals surface area contributed by atoms with E-state index in [0.29, 0.717) is 40.2 Å². The fraction of sp³-hybridized carbons (Fsp3) is 0.0870. The number of nitrogens with zero attached hydrogens (tertiary/aromatic N) is 2. The van der Waals surface area contributed by atoms with E-state index in [1.165, 1.54) is 0 Å². The first kappa shape index (κ1) is 19.2. The number of carbonyl (C=O) groups excluding carboxylic acids is 1. The Labute approximate surface area is 173 Å². The summed E-state index contributed by atoms with van der Waals surface area (Å²) < 4.78 is 16.3. The highest BCUT2D eigenvalue weighted by Crippen LogP contribution is 2.30. The van der Waals surface area contributed by atoms with E-state index < -0.39 is 0 Å². The number of nitrogens with one attached hydrogen (secondary N) is 1. The molecule has 7 heteroatoms. The van der Waals surface area contributed by atoms with Gasteiger partial charge in [-0.1, -0.05) is 12.1 Å². The second kappa shape index (κ2) is 8.48. The molecule has 0 atom stereocenters. The van der Waals surface area contributed by atoms with Crippen LogP contribution in [0.15, 0.2) is 72.8 Å². The van der Waals surface area contributed by atoms with Crippen LogP contribution in [0.1, 0.15) is 10.4 Å². The molecule has 2 aromatic heterocycles. The molecule has 0 bridgehead atoms. The zero-order valence-corrected chi connectivity index (χ0v) is 16.5. The predicted molar refractivity (Wildman–Crippen MR) is 114 cm³/mol. The number of anilines is 1. The molecule has 0 saturated heterocycles. The molecule has 1 N–H and O–H groups in total. The lowest BCUT2D eigenvalue weighted by molar-refractivity contribution is 0.102. The number of benzene rings is 2. The first-order valence-corrected chi connectivity index (χ1v) is 9.20. The van der Waals surface area contributed by atoms with Gasteiger partial charge in [0.2, 0.25) is 5.88 Å². The molecule has 0 aliphatic heterocycles. The van der Waals surface area contributed by atoms with Crippen molar-refractivity contribution in [1.82, 2.24) is 9.97 Å². The molecule has 0 spiro atoms. The highest BCUT2D eigenvalue weighted by atomic mass is 16.5. The highest BCUT2D eigenvalue weighted by Gasteiger charge is 2.10. The summed E-state index contributed by atoms with van der Waals surface area (Å²) in [4.78, 5) is 21.4. The summed E-state index contributed by atoms with van der Waals surface area (Å²) in [7, 11) is 3.16. The monoisotopic (exact) mass is 401 g/mol. The second-order valence-corrected chi connectivity index (χ2v) is 6.33. The zero-order chi connectivity index (χ0) is 20.9. The molecule has 2 aromatic carbocycles. The van der Waals surface area contributed by atoms with Gasteiger partial charge < -0.3 is 19.5 Å². The number of para-hydroxylation sites is 2. The van der Waals surface area contributed by atoms with Crippen LogP contribution in [0, 0.1) is 0 Å². The fourth-order valence-electron chi connectivity index (χ4n) is 2.85. The third kappa shape index (κ3) is 4.15. The maximum Gasteiger partial charge on any atom is 0.256 e. The molecule has 2 heterocycles. The van der Waals surface area contributed by atoms with Crippen molar-refractivity contribution in [2.24, 2.45) is 0 Å². The smallest absolute Gasteiger partial charge is 0.256 e. The van der Waals surface area contributed by atoms with Crippen LogP contribution in [-0.2, 0) is 0 Å². The van der Waals surface area contributed by atoms with Crippen LogP contribution in [0.4, 0.5) is 5.82 Å². The van der Waals surface area contributed by atoms with Gasteiger partial charge in [0.25, 0.3) is 5.91 Å². The first-order valence-electron chi connectivity index (χ1n) is 9.20. The summed E-state index contributed by atoms with van der Waals surface area (Å²) >= 11 is 0. The summed E-state index contributed by atoms with van der Waals surface area (Å²) in [5.41, 5.74) is 0.953. The Morgan fingerprint density at radius 3 is 2.27 bits per heavy atom. The van der Waals surface area contributed by atoms with Gasteiger partial charge in [0.05, 0.1) is 14.2 Å². The highest BCUT2D eigenvalue weighted by molar-refractivity contribution is 6.04. The van der Waals surface area contributed by atoms with Crippen molar-refractivity contribution in [3.8, 4) is 23.1 Å². The summed E-state index contributed by atoms with van der Waals surface area (Å²) in [5.74, 6) is 2.33. The van der Waals surface area contributed by atoms with Crippen LogP contribution in [0.3, 0.4) is 0 Å². The minimum atomic E-state index is -0.272. The number of hydrogen-bond acceptors (Lipinski definition) is 6.